The molecule has 6 nitrogen and oxygen atoms in total. The monoisotopic (exact) mass is 340 g/mol. The predicted octanol–water partition coefficient (Wildman–Crippen LogP) is 2.78. The number of rotatable bonds is 5. The largest absolute Gasteiger partial charge is 0.380 e. The van der Waals surface area contributed by atoms with Crippen molar-refractivity contribution in [3.8, 4) is 0 Å². The Morgan fingerprint density at radius 3 is 2.92 bits per heavy atom. The van der Waals surface area contributed by atoms with Crippen molar-refractivity contribution >= 4 is 5.91 Å². The van der Waals surface area contributed by atoms with Gasteiger partial charge in [-0.05, 0) is 37.3 Å². The van der Waals surface area contributed by atoms with Crippen LogP contribution in [0.25, 0.3) is 0 Å². The van der Waals surface area contributed by atoms with Crippen LogP contribution in [0.1, 0.15) is 59.4 Å². The zero-order chi connectivity index (χ0) is 17.2. The molecule has 1 saturated carbocycles. The van der Waals surface area contributed by atoms with Crippen LogP contribution in [0, 0.1) is 0 Å². The van der Waals surface area contributed by atoms with Crippen LogP contribution < -0.4 is 0 Å². The molecular weight excluding hydrogens is 316 g/mol. The average molecular weight is 340 g/mol. The number of amides is 1. The first-order valence-corrected chi connectivity index (χ1v) is 9.03. The minimum Gasteiger partial charge on any atom is -0.380 e. The van der Waals surface area contributed by atoms with Gasteiger partial charge in [0.25, 0.3) is 5.91 Å². The number of hydrogen-bond acceptors (Lipinski definition) is 4. The summed E-state index contributed by atoms with van der Waals surface area (Å²) in [7, 11) is 1.66. The van der Waals surface area contributed by atoms with Crippen LogP contribution in [0.3, 0.4) is 0 Å². The summed E-state index contributed by atoms with van der Waals surface area (Å²) in [5, 5.41) is 8.49. The number of nitrogens with zero attached hydrogens (tertiary/aromatic N) is 4. The van der Waals surface area contributed by atoms with Crippen molar-refractivity contribution in [2.45, 2.75) is 44.2 Å². The summed E-state index contributed by atoms with van der Waals surface area (Å²) in [5.74, 6) is 1.41. The average Bonchev–Trinajstić information content (AvgIpc) is 3.38. The minimum absolute atomic E-state index is 0.0924. The van der Waals surface area contributed by atoms with Gasteiger partial charge in [-0.25, -0.2) is 0 Å². The summed E-state index contributed by atoms with van der Waals surface area (Å²) in [6.07, 6.45) is 6.34. The number of carbonyl (C=O) groups excluding carboxylic acids is 1. The van der Waals surface area contributed by atoms with Gasteiger partial charge in [0.2, 0.25) is 0 Å². The lowest BCUT2D eigenvalue weighted by Crippen LogP contribution is -2.40. The highest BCUT2D eigenvalue weighted by molar-refractivity contribution is 5.95. The SMILES string of the molecule is COCc1ccccc1C(=O)N1CCC[C@@H](c2nncn2C2CC2)C1. The Labute approximate surface area is 147 Å². The first-order valence-electron chi connectivity index (χ1n) is 9.03. The van der Waals surface area contributed by atoms with Crippen molar-refractivity contribution in [2.75, 3.05) is 20.2 Å². The van der Waals surface area contributed by atoms with Gasteiger partial charge in [0.05, 0.1) is 6.61 Å². The zero-order valence-electron chi connectivity index (χ0n) is 14.6. The summed E-state index contributed by atoms with van der Waals surface area (Å²) < 4.78 is 7.46. The molecule has 2 fully saturated rings. The van der Waals surface area contributed by atoms with Crippen LogP contribution in [0.15, 0.2) is 30.6 Å². The fraction of sp³-hybridized carbons (Fsp3) is 0.526. The first kappa shape index (κ1) is 16.3. The second-order valence-electron chi connectivity index (χ2n) is 7.01. The van der Waals surface area contributed by atoms with Crippen molar-refractivity contribution in [3.05, 3.63) is 47.5 Å². The van der Waals surface area contributed by atoms with Gasteiger partial charge in [-0.2, -0.15) is 0 Å². The molecule has 0 unspecified atom stereocenters. The molecule has 1 aromatic carbocycles. The first-order chi connectivity index (χ1) is 12.3. The molecule has 2 aliphatic rings. The molecule has 2 aromatic rings. The number of likely N-dealkylation sites (tertiary alicyclic amines) is 1. The van der Waals surface area contributed by atoms with Crippen molar-refractivity contribution in [3.63, 3.8) is 0 Å². The van der Waals surface area contributed by atoms with Gasteiger partial charge >= 0.3 is 0 Å². The lowest BCUT2D eigenvalue weighted by molar-refractivity contribution is 0.0698. The molecule has 0 N–H and O–H groups in total. The summed E-state index contributed by atoms with van der Waals surface area (Å²) in [4.78, 5) is 15.0. The molecule has 0 spiro atoms. The maximum absolute atomic E-state index is 13.1. The van der Waals surface area contributed by atoms with Gasteiger partial charge in [-0.1, -0.05) is 18.2 Å². The van der Waals surface area contributed by atoms with Crippen molar-refractivity contribution in [1.82, 2.24) is 19.7 Å². The Morgan fingerprint density at radius 1 is 1.28 bits per heavy atom. The molecule has 1 amide bonds. The summed E-state index contributed by atoms with van der Waals surface area (Å²) in [5.41, 5.74) is 1.69. The maximum atomic E-state index is 13.1. The second-order valence-corrected chi connectivity index (χ2v) is 7.01. The molecule has 6 heteroatoms. The molecule has 2 heterocycles. The van der Waals surface area contributed by atoms with E-state index in [0.717, 1.165) is 36.3 Å². The van der Waals surface area contributed by atoms with Gasteiger partial charge in [-0.15, -0.1) is 10.2 Å². The van der Waals surface area contributed by atoms with E-state index in [-0.39, 0.29) is 11.8 Å². The van der Waals surface area contributed by atoms with Gasteiger partial charge in [0.15, 0.2) is 0 Å². The lowest BCUT2D eigenvalue weighted by Gasteiger charge is -2.33. The molecule has 1 aliphatic heterocycles. The van der Waals surface area contributed by atoms with Crippen LogP contribution in [0.5, 0.6) is 0 Å². The molecule has 132 valence electrons. The smallest absolute Gasteiger partial charge is 0.254 e. The number of hydrogen-bond donors (Lipinski definition) is 0. The van der Waals surface area contributed by atoms with Gasteiger partial charge in [0.1, 0.15) is 12.2 Å². The van der Waals surface area contributed by atoms with E-state index < -0.39 is 0 Å². The van der Waals surface area contributed by atoms with Gasteiger partial charge < -0.3 is 14.2 Å². The fourth-order valence-electron chi connectivity index (χ4n) is 3.73. The van der Waals surface area contributed by atoms with Crippen molar-refractivity contribution in [2.24, 2.45) is 0 Å². The molecule has 0 bridgehead atoms. The summed E-state index contributed by atoms with van der Waals surface area (Å²) in [6.45, 7) is 1.97. The molecule has 25 heavy (non-hydrogen) atoms. The van der Waals surface area contributed by atoms with Gasteiger partial charge in [-0.3, -0.25) is 4.79 Å². The highest BCUT2D eigenvalue weighted by Crippen LogP contribution is 2.38. The van der Waals surface area contributed by atoms with Crippen LogP contribution in [0.2, 0.25) is 0 Å². The second kappa shape index (κ2) is 6.96. The fourth-order valence-corrected chi connectivity index (χ4v) is 3.73. The van der Waals surface area contributed by atoms with Crippen molar-refractivity contribution < 1.29 is 9.53 Å². The Bertz CT molecular complexity index is 753. The molecule has 4 rings (SSSR count). The number of benzene rings is 1. The van der Waals surface area contributed by atoms with Crippen LogP contribution in [0.4, 0.5) is 0 Å². The van der Waals surface area contributed by atoms with E-state index in [1.54, 1.807) is 7.11 Å². The number of methoxy groups -OCH3 is 1. The summed E-state index contributed by atoms with van der Waals surface area (Å²) >= 11 is 0. The van der Waals surface area contributed by atoms with Crippen molar-refractivity contribution in [1.29, 1.82) is 0 Å². The van der Waals surface area contributed by atoms with E-state index >= 15 is 0 Å². The summed E-state index contributed by atoms with van der Waals surface area (Å²) in [6, 6.07) is 8.29. The normalized spacial score (nSPS) is 20.7. The zero-order valence-corrected chi connectivity index (χ0v) is 14.6. The topological polar surface area (TPSA) is 60.2 Å². The van der Waals surface area contributed by atoms with Crippen LogP contribution in [-0.4, -0.2) is 45.8 Å². The van der Waals surface area contributed by atoms with Gasteiger partial charge in [0, 0.05) is 37.7 Å². The lowest BCUT2D eigenvalue weighted by atomic mass is 9.96. The quantitative estimate of drug-likeness (QED) is 0.840. The highest BCUT2D eigenvalue weighted by Gasteiger charge is 2.33. The molecule has 1 atom stereocenters. The molecule has 1 aliphatic carbocycles. The molecule has 0 radical (unpaired) electrons. The number of aromatic nitrogens is 3. The van der Waals surface area contributed by atoms with E-state index in [2.05, 4.69) is 14.8 Å². The number of carbonyl (C=O) groups is 1. The third-order valence-electron chi connectivity index (χ3n) is 5.16. The third kappa shape index (κ3) is 3.31. The number of ether oxygens (including phenoxy) is 1. The Kier molecular flexibility index (Phi) is 4.53. The number of piperidine rings is 1. The molecule has 1 saturated heterocycles. The minimum atomic E-state index is 0.0924. The van der Waals surface area contributed by atoms with E-state index in [4.69, 9.17) is 4.74 Å². The standard InChI is InChI=1S/C19H24N4O2/c1-25-12-15-5-2-3-7-17(15)19(24)22-10-4-6-14(11-22)18-21-20-13-23(18)16-8-9-16/h2-3,5,7,13-14,16H,4,6,8-12H2,1H3/t14-/m1/s1. The van der Waals surface area contributed by atoms with E-state index in [0.29, 0.717) is 19.2 Å². The Balaban J connectivity index is 1.53. The predicted molar refractivity (Wildman–Crippen MR) is 93.3 cm³/mol. The van der Waals surface area contributed by atoms with Crippen LogP contribution >= 0.6 is 0 Å². The Morgan fingerprint density at radius 2 is 2.12 bits per heavy atom. The van der Waals surface area contributed by atoms with E-state index in [1.807, 2.05) is 35.5 Å². The molecule has 1 aromatic heterocycles. The molecular formula is C19H24N4O2. The van der Waals surface area contributed by atoms with E-state index in [1.165, 1.54) is 12.8 Å². The highest BCUT2D eigenvalue weighted by atomic mass is 16.5. The maximum Gasteiger partial charge on any atom is 0.254 e. The Hall–Kier alpha value is -2.21. The van der Waals surface area contributed by atoms with E-state index in [9.17, 15) is 4.79 Å². The van der Waals surface area contributed by atoms with Crippen LogP contribution in [-0.2, 0) is 11.3 Å². The third-order valence-corrected chi connectivity index (χ3v) is 5.16.